The minimum absolute atomic E-state index is 0.0293. The summed E-state index contributed by atoms with van der Waals surface area (Å²) in [5.41, 5.74) is 2.26. The molecule has 3 heterocycles. The SMILES string of the molecule is CC1(C)CC(CC(=O)N2CCO[C@H](c3cccc(-c4cccc(F)c4)n3)C2)CC(C)(C)N1. The van der Waals surface area contributed by atoms with Crippen molar-refractivity contribution in [2.24, 2.45) is 5.92 Å². The van der Waals surface area contributed by atoms with Crippen molar-refractivity contribution in [3.8, 4) is 11.3 Å². The number of pyridine rings is 1. The first-order valence-electron chi connectivity index (χ1n) is 11.5. The fourth-order valence-electron chi connectivity index (χ4n) is 5.55. The van der Waals surface area contributed by atoms with Crippen molar-refractivity contribution in [1.82, 2.24) is 15.2 Å². The lowest BCUT2D eigenvalue weighted by Gasteiger charge is -2.47. The van der Waals surface area contributed by atoms with E-state index >= 15 is 0 Å². The Balaban J connectivity index is 1.43. The zero-order chi connectivity index (χ0) is 22.9. The van der Waals surface area contributed by atoms with Gasteiger partial charge in [0.1, 0.15) is 11.9 Å². The van der Waals surface area contributed by atoms with Gasteiger partial charge in [-0.1, -0.05) is 18.2 Å². The predicted molar refractivity (Wildman–Crippen MR) is 124 cm³/mol. The Hall–Kier alpha value is -2.31. The lowest BCUT2D eigenvalue weighted by Crippen LogP contribution is -2.58. The summed E-state index contributed by atoms with van der Waals surface area (Å²) in [5.74, 6) is 0.271. The van der Waals surface area contributed by atoms with Gasteiger partial charge < -0.3 is 15.0 Å². The van der Waals surface area contributed by atoms with Crippen LogP contribution in [0.1, 0.15) is 58.8 Å². The maximum atomic E-state index is 13.6. The van der Waals surface area contributed by atoms with Crippen molar-refractivity contribution in [1.29, 1.82) is 0 Å². The number of carbonyl (C=O) groups excluding carboxylic acids is 1. The van der Waals surface area contributed by atoms with Crippen molar-refractivity contribution in [3.05, 3.63) is 54.0 Å². The van der Waals surface area contributed by atoms with Crippen molar-refractivity contribution in [2.45, 2.75) is 64.1 Å². The van der Waals surface area contributed by atoms with Crippen molar-refractivity contribution in [2.75, 3.05) is 19.7 Å². The summed E-state index contributed by atoms with van der Waals surface area (Å²) >= 11 is 0. The average molecular weight is 440 g/mol. The van der Waals surface area contributed by atoms with Crippen LogP contribution in [0.15, 0.2) is 42.5 Å². The van der Waals surface area contributed by atoms with Gasteiger partial charge in [0.2, 0.25) is 5.91 Å². The molecule has 5 nitrogen and oxygen atoms in total. The lowest BCUT2D eigenvalue weighted by molar-refractivity contribution is -0.140. The van der Waals surface area contributed by atoms with Crippen molar-refractivity contribution in [3.63, 3.8) is 0 Å². The molecule has 1 N–H and O–H groups in total. The molecule has 0 saturated carbocycles. The maximum Gasteiger partial charge on any atom is 0.223 e. The monoisotopic (exact) mass is 439 g/mol. The Morgan fingerprint density at radius 2 is 1.88 bits per heavy atom. The third-order valence-electron chi connectivity index (χ3n) is 6.38. The fraction of sp³-hybridized carbons (Fsp3) is 0.538. The highest BCUT2D eigenvalue weighted by atomic mass is 19.1. The van der Waals surface area contributed by atoms with E-state index in [2.05, 4.69) is 33.0 Å². The molecule has 2 aliphatic heterocycles. The molecule has 2 aliphatic rings. The molecule has 4 rings (SSSR count). The van der Waals surface area contributed by atoms with Gasteiger partial charge in [-0.25, -0.2) is 9.37 Å². The number of rotatable bonds is 4. The summed E-state index contributed by atoms with van der Waals surface area (Å²) < 4.78 is 19.6. The highest BCUT2D eigenvalue weighted by Crippen LogP contribution is 2.35. The van der Waals surface area contributed by atoms with E-state index in [4.69, 9.17) is 9.72 Å². The van der Waals surface area contributed by atoms with Gasteiger partial charge in [0.05, 0.1) is 24.5 Å². The van der Waals surface area contributed by atoms with E-state index in [1.165, 1.54) is 12.1 Å². The number of aromatic nitrogens is 1. The molecule has 1 atom stereocenters. The molecular weight excluding hydrogens is 405 g/mol. The summed E-state index contributed by atoms with van der Waals surface area (Å²) in [7, 11) is 0. The van der Waals surface area contributed by atoms with E-state index in [9.17, 15) is 9.18 Å². The number of halogens is 1. The van der Waals surface area contributed by atoms with Gasteiger partial charge in [-0.15, -0.1) is 0 Å². The Labute approximate surface area is 190 Å². The molecule has 1 aromatic heterocycles. The van der Waals surface area contributed by atoms with Crippen LogP contribution in [0.25, 0.3) is 11.3 Å². The largest absolute Gasteiger partial charge is 0.368 e. The molecule has 0 bridgehead atoms. The molecule has 2 saturated heterocycles. The number of morpholine rings is 1. The quantitative estimate of drug-likeness (QED) is 0.748. The third-order valence-corrected chi connectivity index (χ3v) is 6.38. The van der Waals surface area contributed by atoms with Gasteiger partial charge in [-0.2, -0.15) is 0 Å². The minimum atomic E-state index is -0.287. The van der Waals surface area contributed by atoms with E-state index in [1.54, 1.807) is 6.07 Å². The van der Waals surface area contributed by atoms with Crippen molar-refractivity contribution < 1.29 is 13.9 Å². The Bertz CT molecular complexity index is 959. The fourth-order valence-corrected chi connectivity index (χ4v) is 5.55. The van der Waals surface area contributed by atoms with Gasteiger partial charge in [0.15, 0.2) is 0 Å². The Morgan fingerprint density at radius 1 is 1.16 bits per heavy atom. The second-order valence-electron chi connectivity index (χ2n) is 10.5. The number of amides is 1. The topological polar surface area (TPSA) is 54.5 Å². The molecule has 0 radical (unpaired) electrons. The van der Waals surface area contributed by atoms with Crippen LogP contribution in [0.4, 0.5) is 4.39 Å². The Morgan fingerprint density at radius 3 is 2.59 bits per heavy atom. The second-order valence-corrected chi connectivity index (χ2v) is 10.5. The minimum Gasteiger partial charge on any atom is -0.368 e. The molecule has 32 heavy (non-hydrogen) atoms. The number of piperidine rings is 1. The summed E-state index contributed by atoms with van der Waals surface area (Å²) in [5, 5.41) is 3.69. The molecule has 172 valence electrons. The average Bonchev–Trinajstić information content (AvgIpc) is 2.71. The van der Waals surface area contributed by atoms with Crippen LogP contribution >= 0.6 is 0 Å². The zero-order valence-electron chi connectivity index (χ0n) is 19.5. The number of ether oxygens (including phenoxy) is 1. The lowest BCUT2D eigenvalue weighted by atomic mass is 9.74. The Kier molecular flexibility index (Phi) is 6.37. The number of carbonyl (C=O) groups is 1. The summed E-state index contributed by atoms with van der Waals surface area (Å²) in [6.45, 7) is 10.5. The normalized spacial score (nSPS) is 23.2. The summed E-state index contributed by atoms with van der Waals surface area (Å²) in [4.78, 5) is 19.8. The van der Waals surface area contributed by atoms with Gasteiger partial charge in [0.25, 0.3) is 0 Å². The van der Waals surface area contributed by atoms with Crippen molar-refractivity contribution >= 4 is 5.91 Å². The van der Waals surface area contributed by atoms with Gasteiger partial charge in [0, 0.05) is 29.6 Å². The molecule has 0 aliphatic carbocycles. The zero-order valence-corrected chi connectivity index (χ0v) is 19.5. The second kappa shape index (κ2) is 8.91. The smallest absolute Gasteiger partial charge is 0.223 e. The van der Waals surface area contributed by atoms with Crippen LogP contribution in [0.2, 0.25) is 0 Å². The standard InChI is InChI=1S/C26H34FN3O2/c1-25(2)15-18(16-26(3,4)29-25)13-24(31)30-11-12-32-23(17-30)22-10-6-9-21(28-22)19-7-5-8-20(27)14-19/h5-10,14,18,23,29H,11-13,15-17H2,1-4H3/t23-/m0/s1. The third kappa shape index (κ3) is 5.54. The van der Waals surface area contributed by atoms with Crippen LogP contribution in [-0.4, -0.2) is 46.6 Å². The highest BCUT2D eigenvalue weighted by Gasteiger charge is 2.39. The molecular formula is C26H34FN3O2. The van der Waals surface area contributed by atoms with Crippen LogP contribution in [0.3, 0.4) is 0 Å². The molecule has 2 fully saturated rings. The number of hydrogen-bond donors (Lipinski definition) is 1. The first-order valence-corrected chi connectivity index (χ1v) is 11.5. The number of benzene rings is 1. The van der Waals surface area contributed by atoms with Crippen LogP contribution in [-0.2, 0) is 9.53 Å². The molecule has 1 amide bonds. The van der Waals surface area contributed by atoms with Crippen LogP contribution < -0.4 is 5.32 Å². The number of nitrogens with one attached hydrogen (secondary N) is 1. The van der Waals surface area contributed by atoms with E-state index < -0.39 is 0 Å². The number of nitrogens with zero attached hydrogens (tertiary/aromatic N) is 2. The first-order chi connectivity index (χ1) is 15.1. The maximum absolute atomic E-state index is 13.6. The summed E-state index contributed by atoms with van der Waals surface area (Å²) in [6, 6.07) is 12.1. The molecule has 6 heteroatoms. The molecule has 2 aromatic rings. The van der Waals surface area contributed by atoms with Crippen LogP contribution in [0, 0.1) is 11.7 Å². The molecule has 0 spiro atoms. The van der Waals surface area contributed by atoms with Gasteiger partial charge >= 0.3 is 0 Å². The highest BCUT2D eigenvalue weighted by molar-refractivity contribution is 5.76. The van der Waals surface area contributed by atoms with Crippen LogP contribution in [0.5, 0.6) is 0 Å². The van der Waals surface area contributed by atoms with E-state index in [0.717, 1.165) is 24.1 Å². The predicted octanol–water partition coefficient (Wildman–Crippen LogP) is 4.73. The van der Waals surface area contributed by atoms with E-state index in [-0.39, 0.29) is 28.9 Å². The molecule has 1 aromatic carbocycles. The van der Waals surface area contributed by atoms with E-state index in [0.29, 0.717) is 37.7 Å². The van der Waals surface area contributed by atoms with Gasteiger partial charge in [-0.05, 0) is 70.7 Å². The number of hydrogen-bond acceptors (Lipinski definition) is 4. The molecule has 0 unspecified atom stereocenters. The first kappa shape index (κ1) is 22.9. The summed E-state index contributed by atoms with van der Waals surface area (Å²) in [6.07, 6.45) is 2.28. The van der Waals surface area contributed by atoms with Gasteiger partial charge in [-0.3, -0.25) is 4.79 Å². The van der Waals surface area contributed by atoms with E-state index in [1.807, 2.05) is 29.2 Å².